The number of amides is 2. The molecule has 7 heteroatoms. The molecule has 0 saturated heterocycles. The molecule has 0 fully saturated rings. The maximum atomic E-state index is 12.2. The lowest BCUT2D eigenvalue weighted by molar-refractivity contribution is -0.0918. The fourth-order valence-electron chi connectivity index (χ4n) is 2.70. The van der Waals surface area contributed by atoms with Gasteiger partial charge in [-0.2, -0.15) is 0 Å². The molecule has 2 amide bonds. The molecule has 7 nitrogen and oxygen atoms in total. The molecular weight excluding hydrogens is 334 g/mol. The van der Waals surface area contributed by atoms with Crippen molar-refractivity contribution in [1.29, 1.82) is 0 Å². The quantitative estimate of drug-likeness (QED) is 0.331. The van der Waals surface area contributed by atoms with Crippen LogP contribution >= 0.6 is 0 Å². The number of hydroxylamine groups is 2. The number of carbonyl (C=O) groups excluding carboxylic acids is 2. The highest BCUT2D eigenvalue weighted by molar-refractivity contribution is 6.20. The molecule has 2 heterocycles. The Labute approximate surface area is 151 Å². The summed E-state index contributed by atoms with van der Waals surface area (Å²) in [6, 6.07) is 12.4. The molecule has 0 radical (unpaired) electrons. The summed E-state index contributed by atoms with van der Waals surface area (Å²) in [6.45, 7) is 2.06. The number of carbonyl (C=O) groups is 2. The molecule has 1 aromatic heterocycles. The highest BCUT2D eigenvalue weighted by Gasteiger charge is 2.36. The molecule has 0 bridgehead atoms. The minimum absolute atomic E-state index is 0.239. The Morgan fingerprint density at radius 1 is 1.08 bits per heavy atom. The van der Waals surface area contributed by atoms with Crippen LogP contribution in [0, 0.1) is 0 Å². The zero-order valence-electron chi connectivity index (χ0n) is 14.6. The van der Waals surface area contributed by atoms with Crippen molar-refractivity contribution in [3.8, 4) is 0 Å². The zero-order valence-corrected chi connectivity index (χ0v) is 14.6. The molecule has 1 aliphatic rings. The van der Waals surface area contributed by atoms with Crippen LogP contribution < -0.4 is 0 Å². The van der Waals surface area contributed by atoms with Crippen LogP contribution in [0.25, 0.3) is 0 Å². The summed E-state index contributed by atoms with van der Waals surface area (Å²) in [4.78, 5) is 39.1. The van der Waals surface area contributed by atoms with Crippen molar-refractivity contribution in [2.45, 2.75) is 19.8 Å². The van der Waals surface area contributed by atoms with Gasteiger partial charge in [-0.1, -0.05) is 23.4 Å². The summed E-state index contributed by atoms with van der Waals surface area (Å²) >= 11 is 0. The van der Waals surface area contributed by atoms with E-state index in [2.05, 4.69) is 10.1 Å². The molecule has 0 aliphatic carbocycles. The number of hydrogen-bond acceptors (Lipinski definition) is 6. The van der Waals surface area contributed by atoms with Crippen molar-refractivity contribution in [2.75, 3.05) is 13.7 Å². The Hall–Kier alpha value is -3.06. The first-order valence-electron chi connectivity index (χ1n) is 8.26. The summed E-state index contributed by atoms with van der Waals surface area (Å²) in [6.07, 6.45) is 1.27. The van der Waals surface area contributed by atoms with Gasteiger partial charge in [0.15, 0.2) is 0 Å². The van der Waals surface area contributed by atoms with Crippen LogP contribution in [0.3, 0.4) is 0 Å². The van der Waals surface area contributed by atoms with Gasteiger partial charge in [0.2, 0.25) is 0 Å². The van der Waals surface area contributed by atoms with Crippen LogP contribution in [-0.4, -0.2) is 41.3 Å². The summed E-state index contributed by atoms with van der Waals surface area (Å²) in [5.74, 6) is -0.839. The smallest absolute Gasteiger partial charge is 0.285 e. The van der Waals surface area contributed by atoms with Crippen molar-refractivity contribution in [1.82, 2.24) is 10.0 Å². The molecule has 2 aromatic rings. The van der Waals surface area contributed by atoms with Crippen molar-refractivity contribution >= 4 is 17.5 Å². The third-order valence-corrected chi connectivity index (χ3v) is 3.96. The number of pyridine rings is 1. The lowest BCUT2D eigenvalue weighted by atomic mass is 10.1. The van der Waals surface area contributed by atoms with Gasteiger partial charge in [-0.25, -0.2) is 0 Å². The molecule has 1 aromatic carbocycles. The van der Waals surface area contributed by atoms with Gasteiger partial charge in [0.1, 0.15) is 12.8 Å². The minimum atomic E-state index is -0.419. The average molecular weight is 353 g/mol. The Morgan fingerprint density at radius 3 is 2.42 bits per heavy atom. The predicted octanol–water partition coefficient (Wildman–Crippen LogP) is 2.61. The number of imide groups is 1. The topological polar surface area (TPSA) is 81.1 Å². The second kappa shape index (κ2) is 7.88. The molecule has 0 saturated carbocycles. The van der Waals surface area contributed by atoms with Gasteiger partial charge in [0, 0.05) is 5.69 Å². The van der Waals surface area contributed by atoms with Crippen molar-refractivity contribution in [2.24, 2.45) is 5.16 Å². The fourth-order valence-corrected chi connectivity index (χ4v) is 2.70. The van der Waals surface area contributed by atoms with Gasteiger partial charge in [-0.15, -0.1) is 5.06 Å². The van der Waals surface area contributed by atoms with Gasteiger partial charge in [0.25, 0.3) is 11.8 Å². The second-order valence-electron chi connectivity index (χ2n) is 5.76. The number of aryl methyl sites for hydroxylation is 1. The lowest BCUT2D eigenvalue weighted by Gasteiger charge is -2.13. The maximum absolute atomic E-state index is 12.2. The Bertz CT molecular complexity index is 828. The van der Waals surface area contributed by atoms with Crippen LogP contribution in [0.15, 0.2) is 47.6 Å². The first-order chi connectivity index (χ1) is 12.6. The van der Waals surface area contributed by atoms with Crippen molar-refractivity contribution < 1.29 is 19.3 Å². The highest BCUT2D eigenvalue weighted by Crippen LogP contribution is 2.22. The molecule has 0 N–H and O–H groups in total. The van der Waals surface area contributed by atoms with E-state index in [4.69, 9.17) is 9.68 Å². The molecule has 0 spiro atoms. The summed E-state index contributed by atoms with van der Waals surface area (Å²) in [5.41, 5.74) is 3.06. The van der Waals surface area contributed by atoms with Gasteiger partial charge in [0.05, 0.1) is 23.4 Å². The first-order valence-corrected chi connectivity index (χ1v) is 8.26. The van der Waals surface area contributed by atoms with Gasteiger partial charge >= 0.3 is 0 Å². The number of nitrogens with zero attached hydrogens (tertiary/aromatic N) is 3. The van der Waals surface area contributed by atoms with E-state index in [1.54, 1.807) is 24.3 Å². The standard InChI is InChI=1S/C19H19N3O4/c1-13(21-25-2)17-11-5-7-14(20-17)8-6-12-26-22-18(23)15-9-3-4-10-16(15)19(22)24/h3-5,7,9-11H,6,8,12H2,1-2H3/b21-13+. The van der Waals surface area contributed by atoms with Gasteiger partial charge in [-0.3, -0.25) is 19.4 Å². The summed E-state index contributed by atoms with van der Waals surface area (Å²) in [5, 5.41) is 4.71. The molecule has 3 rings (SSSR count). The maximum Gasteiger partial charge on any atom is 0.285 e. The van der Waals surface area contributed by atoms with E-state index in [1.807, 2.05) is 25.1 Å². The van der Waals surface area contributed by atoms with Gasteiger partial charge < -0.3 is 4.84 Å². The first kappa shape index (κ1) is 17.8. The van der Waals surface area contributed by atoms with E-state index in [-0.39, 0.29) is 6.61 Å². The average Bonchev–Trinajstić information content (AvgIpc) is 2.90. The highest BCUT2D eigenvalue weighted by atomic mass is 16.7. The Morgan fingerprint density at radius 2 is 1.77 bits per heavy atom. The lowest BCUT2D eigenvalue weighted by Crippen LogP contribution is -2.30. The molecule has 1 aliphatic heterocycles. The second-order valence-corrected chi connectivity index (χ2v) is 5.76. The summed E-state index contributed by atoms with van der Waals surface area (Å²) < 4.78 is 0. The Balaban J connectivity index is 1.54. The van der Waals surface area contributed by atoms with E-state index in [0.29, 0.717) is 29.7 Å². The monoisotopic (exact) mass is 353 g/mol. The largest absolute Gasteiger partial charge is 0.399 e. The van der Waals surface area contributed by atoms with Crippen LogP contribution in [0.1, 0.15) is 45.4 Å². The van der Waals surface area contributed by atoms with E-state index < -0.39 is 11.8 Å². The normalized spacial score (nSPS) is 13.9. The minimum Gasteiger partial charge on any atom is -0.399 e. The molecule has 26 heavy (non-hydrogen) atoms. The van der Waals surface area contributed by atoms with Crippen LogP contribution in [0.5, 0.6) is 0 Å². The van der Waals surface area contributed by atoms with E-state index in [1.165, 1.54) is 7.11 Å². The summed E-state index contributed by atoms with van der Waals surface area (Å²) in [7, 11) is 1.49. The van der Waals surface area contributed by atoms with Crippen LogP contribution in [0.2, 0.25) is 0 Å². The van der Waals surface area contributed by atoms with Crippen molar-refractivity contribution in [3.05, 3.63) is 65.0 Å². The number of rotatable bonds is 7. The fraction of sp³-hybridized carbons (Fsp3) is 0.263. The van der Waals surface area contributed by atoms with Gasteiger partial charge in [-0.05, 0) is 44.0 Å². The number of fused-ring (bicyclic) bond motifs is 1. The third kappa shape index (κ3) is 3.62. The molecular formula is C19H19N3O4. The SMILES string of the molecule is CO/N=C(\C)c1cccc(CCCON2C(=O)c3ccccc3C2=O)n1. The van der Waals surface area contributed by atoms with Crippen LogP contribution in [-0.2, 0) is 16.1 Å². The van der Waals surface area contributed by atoms with E-state index in [0.717, 1.165) is 16.5 Å². The molecule has 0 atom stereocenters. The number of hydrogen-bond donors (Lipinski definition) is 0. The van der Waals surface area contributed by atoms with Crippen molar-refractivity contribution in [3.63, 3.8) is 0 Å². The zero-order chi connectivity index (χ0) is 18.5. The van der Waals surface area contributed by atoms with E-state index in [9.17, 15) is 9.59 Å². The third-order valence-electron chi connectivity index (χ3n) is 3.96. The number of oxime groups is 1. The van der Waals surface area contributed by atoms with Crippen LogP contribution in [0.4, 0.5) is 0 Å². The van der Waals surface area contributed by atoms with E-state index >= 15 is 0 Å². The Kier molecular flexibility index (Phi) is 5.38. The number of benzene rings is 1. The molecule has 134 valence electrons. The predicted molar refractivity (Wildman–Crippen MR) is 94.7 cm³/mol. The number of aromatic nitrogens is 1. The molecule has 0 unspecified atom stereocenters.